The van der Waals surface area contributed by atoms with E-state index in [0.717, 1.165) is 22.3 Å². The lowest BCUT2D eigenvalue weighted by atomic mass is 10.2. The summed E-state index contributed by atoms with van der Waals surface area (Å²) in [7, 11) is 1.93. The molecule has 0 amide bonds. The number of hydrogen-bond acceptors (Lipinski definition) is 3. The van der Waals surface area contributed by atoms with Crippen molar-refractivity contribution < 1.29 is 4.74 Å². The zero-order valence-electron chi connectivity index (χ0n) is 9.03. The van der Waals surface area contributed by atoms with Gasteiger partial charge >= 0.3 is 0 Å². The standard InChI is InChI=1S/C11H15N3O/c1-8-11-9(14(2)13-8)4-3-5-10(11)15-7-6-12/h3-5H,6-7,12H2,1-2H3. The number of aromatic nitrogens is 2. The summed E-state index contributed by atoms with van der Waals surface area (Å²) in [6.07, 6.45) is 0. The van der Waals surface area contributed by atoms with Gasteiger partial charge in [0, 0.05) is 13.6 Å². The van der Waals surface area contributed by atoms with Crippen LogP contribution < -0.4 is 10.5 Å². The van der Waals surface area contributed by atoms with Gasteiger partial charge in [0.25, 0.3) is 0 Å². The SMILES string of the molecule is Cc1nn(C)c2cccc(OCCN)c12. The van der Waals surface area contributed by atoms with Gasteiger partial charge in [-0.3, -0.25) is 4.68 Å². The topological polar surface area (TPSA) is 53.1 Å². The molecule has 4 heteroatoms. The fraction of sp³-hybridized carbons (Fsp3) is 0.364. The second-order valence-corrected chi connectivity index (χ2v) is 3.50. The van der Waals surface area contributed by atoms with Crippen molar-refractivity contribution >= 4 is 10.9 Å². The van der Waals surface area contributed by atoms with E-state index >= 15 is 0 Å². The fourth-order valence-corrected chi connectivity index (χ4v) is 1.77. The van der Waals surface area contributed by atoms with E-state index in [4.69, 9.17) is 10.5 Å². The lowest BCUT2D eigenvalue weighted by Crippen LogP contribution is -2.10. The first-order chi connectivity index (χ1) is 7.24. The van der Waals surface area contributed by atoms with Crippen molar-refractivity contribution in [3.8, 4) is 5.75 Å². The summed E-state index contributed by atoms with van der Waals surface area (Å²) >= 11 is 0. The van der Waals surface area contributed by atoms with Crippen molar-refractivity contribution in [1.82, 2.24) is 9.78 Å². The molecule has 2 aromatic rings. The summed E-state index contributed by atoms with van der Waals surface area (Å²) in [5, 5.41) is 5.44. The van der Waals surface area contributed by atoms with Crippen molar-refractivity contribution in [2.75, 3.05) is 13.2 Å². The molecule has 2 rings (SSSR count). The van der Waals surface area contributed by atoms with Crippen molar-refractivity contribution in [3.05, 3.63) is 23.9 Å². The maximum atomic E-state index is 5.58. The van der Waals surface area contributed by atoms with Gasteiger partial charge in [0.2, 0.25) is 0 Å². The molecule has 0 saturated carbocycles. The van der Waals surface area contributed by atoms with Crippen molar-refractivity contribution in [2.45, 2.75) is 6.92 Å². The summed E-state index contributed by atoms with van der Waals surface area (Å²) in [5.74, 6) is 0.864. The highest BCUT2D eigenvalue weighted by molar-refractivity contribution is 5.88. The van der Waals surface area contributed by atoms with Crippen LogP contribution in [0.15, 0.2) is 18.2 Å². The Kier molecular flexibility index (Phi) is 2.60. The maximum absolute atomic E-state index is 5.58. The predicted octanol–water partition coefficient (Wildman–Crippen LogP) is 1.22. The number of rotatable bonds is 3. The molecule has 0 aliphatic rings. The molecule has 0 aliphatic heterocycles. The summed E-state index contributed by atoms with van der Waals surface area (Å²) < 4.78 is 7.45. The van der Waals surface area contributed by atoms with Crippen LogP contribution in [0.3, 0.4) is 0 Å². The monoisotopic (exact) mass is 205 g/mol. The number of nitrogens with two attached hydrogens (primary N) is 1. The van der Waals surface area contributed by atoms with Gasteiger partial charge in [-0.05, 0) is 19.1 Å². The molecule has 1 aromatic carbocycles. The van der Waals surface area contributed by atoms with E-state index in [2.05, 4.69) is 5.10 Å². The third-order valence-electron chi connectivity index (χ3n) is 2.39. The highest BCUT2D eigenvalue weighted by Crippen LogP contribution is 2.27. The molecule has 0 fully saturated rings. The number of aryl methyl sites for hydroxylation is 2. The van der Waals surface area contributed by atoms with Gasteiger partial charge in [-0.25, -0.2) is 0 Å². The van der Waals surface area contributed by atoms with Crippen LogP contribution in [0.4, 0.5) is 0 Å². The van der Waals surface area contributed by atoms with Gasteiger partial charge in [-0.1, -0.05) is 6.07 Å². The number of benzene rings is 1. The van der Waals surface area contributed by atoms with E-state index in [-0.39, 0.29) is 0 Å². The molecule has 0 atom stereocenters. The number of nitrogens with zero attached hydrogens (tertiary/aromatic N) is 2. The highest BCUT2D eigenvalue weighted by Gasteiger charge is 2.09. The average Bonchev–Trinajstić information content (AvgIpc) is 2.53. The third kappa shape index (κ3) is 1.68. The molecule has 1 heterocycles. The Morgan fingerprint density at radius 3 is 3.00 bits per heavy atom. The van der Waals surface area contributed by atoms with Crippen LogP contribution in [0.5, 0.6) is 5.75 Å². The van der Waals surface area contributed by atoms with E-state index in [9.17, 15) is 0 Å². The van der Waals surface area contributed by atoms with E-state index in [0.29, 0.717) is 13.2 Å². The van der Waals surface area contributed by atoms with Gasteiger partial charge in [-0.15, -0.1) is 0 Å². The predicted molar refractivity (Wildman–Crippen MR) is 60.0 cm³/mol. The zero-order chi connectivity index (χ0) is 10.8. The second kappa shape index (κ2) is 3.90. The number of hydrogen-bond donors (Lipinski definition) is 1. The quantitative estimate of drug-likeness (QED) is 0.819. The zero-order valence-corrected chi connectivity index (χ0v) is 9.03. The van der Waals surface area contributed by atoms with E-state index < -0.39 is 0 Å². The van der Waals surface area contributed by atoms with Gasteiger partial charge < -0.3 is 10.5 Å². The maximum Gasteiger partial charge on any atom is 0.130 e. The minimum absolute atomic E-state index is 0.524. The Hall–Kier alpha value is -1.55. The largest absolute Gasteiger partial charge is 0.491 e. The van der Waals surface area contributed by atoms with Gasteiger partial charge in [-0.2, -0.15) is 5.10 Å². The van der Waals surface area contributed by atoms with Gasteiger partial charge in [0.05, 0.1) is 16.6 Å². The molecule has 0 bridgehead atoms. The average molecular weight is 205 g/mol. The van der Waals surface area contributed by atoms with Crippen molar-refractivity contribution in [2.24, 2.45) is 12.8 Å². The third-order valence-corrected chi connectivity index (χ3v) is 2.39. The molecule has 1 aromatic heterocycles. The Labute approximate surface area is 88.6 Å². The molecule has 80 valence electrons. The smallest absolute Gasteiger partial charge is 0.130 e. The molecular weight excluding hydrogens is 190 g/mol. The van der Waals surface area contributed by atoms with E-state index in [1.165, 1.54) is 0 Å². The van der Waals surface area contributed by atoms with Crippen LogP contribution in [-0.4, -0.2) is 22.9 Å². The van der Waals surface area contributed by atoms with Crippen molar-refractivity contribution in [3.63, 3.8) is 0 Å². The van der Waals surface area contributed by atoms with E-state index in [1.807, 2.05) is 36.9 Å². The summed E-state index contributed by atoms with van der Waals surface area (Å²) in [5.41, 5.74) is 7.49. The molecule has 0 spiro atoms. The Morgan fingerprint density at radius 2 is 2.27 bits per heavy atom. The summed E-state index contributed by atoms with van der Waals surface area (Å²) in [6.45, 7) is 3.04. The Morgan fingerprint density at radius 1 is 1.47 bits per heavy atom. The molecular formula is C11H15N3O. The summed E-state index contributed by atoms with van der Waals surface area (Å²) in [4.78, 5) is 0. The lowest BCUT2D eigenvalue weighted by molar-refractivity contribution is 0.332. The van der Waals surface area contributed by atoms with Crippen LogP contribution in [0, 0.1) is 6.92 Å². The number of ether oxygens (including phenoxy) is 1. The Balaban J connectivity index is 2.54. The molecule has 2 N–H and O–H groups in total. The normalized spacial score (nSPS) is 10.9. The van der Waals surface area contributed by atoms with Gasteiger partial charge in [0.15, 0.2) is 0 Å². The molecule has 0 unspecified atom stereocenters. The van der Waals surface area contributed by atoms with Gasteiger partial charge in [0.1, 0.15) is 12.4 Å². The van der Waals surface area contributed by atoms with E-state index in [1.54, 1.807) is 0 Å². The Bertz CT molecular complexity index is 476. The number of fused-ring (bicyclic) bond motifs is 1. The van der Waals surface area contributed by atoms with Crippen LogP contribution in [0.1, 0.15) is 5.69 Å². The van der Waals surface area contributed by atoms with Crippen LogP contribution in [0.2, 0.25) is 0 Å². The molecule has 4 nitrogen and oxygen atoms in total. The first kappa shape index (κ1) is 9.98. The summed E-state index contributed by atoms with van der Waals surface area (Å²) in [6, 6.07) is 5.95. The van der Waals surface area contributed by atoms with Crippen LogP contribution >= 0.6 is 0 Å². The molecule has 0 aliphatic carbocycles. The minimum atomic E-state index is 0.524. The van der Waals surface area contributed by atoms with Crippen LogP contribution in [-0.2, 0) is 7.05 Å². The first-order valence-corrected chi connectivity index (χ1v) is 4.99. The fourth-order valence-electron chi connectivity index (χ4n) is 1.77. The van der Waals surface area contributed by atoms with Crippen LogP contribution in [0.25, 0.3) is 10.9 Å². The molecule has 0 saturated heterocycles. The lowest BCUT2D eigenvalue weighted by Gasteiger charge is -2.05. The molecule has 15 heavy (non-hydrogen) atoms. The minimum Gasteiger partial charge on any atom is -0.491 e. The highest BCUT2D eigenvalue weighted by atomic mass is 16.5. The molecule has 0 radical (unpaired) electrons. The van der Waals surface area contributed by atoms with Crippen molar-refractivity contribution in [1.29, 1.82) is 0 Å². The first-order valence-electron chi connectivity index (χ1n) is 4.99. The second-order valence-electron chi connectivity index (χ2n) is 3.50.